The fourth-order valence-electron chi connectivity index (χ4n) is 2.60. The van der Waals surface area contributed by atoms with Gasteiger partial charge in [-0.25, -0.2) is 0 Å². The Kier molecular flexibility index (Phi) is 4.87. The van der Waals surface area contributed by atoms with Crippen molar-refractivity contribution >= 4 is 5.97 Å². The highest BCUT2D eigenvalue weighted by molar-refractivity contribution is 5.75. The van der Waals surface area contributed by atoms with Crippen LogP contribution < -0.4 is 5.73 Å². The molecule has 2 rings (SSSR count). The molecule has 1 aliphatic rings. The van der Waals surface area contributed by atoms with E-state index in [9.17, 15) is 4.79 Å². The molecule has 0 amide bonds. The van der Waals surface area contributed by atoms with Gasteiger partial charge >= 0.3 is 5.97 Å². The third-order valence-corrected chi connectivity index (χ3v) is 3.64. The van der Waals surface area contributed by atoms with Crippen molar-refractivity contribution in [3.05, 3.63) is 29.6 Å². The first kappa shape index (κ1) is 14.0. The molecule has 0 radical (unpaired) electrons. The number of nitrogens with zero attached hydrogens (tertiary/aromatic N) is 2. The molecule has 1 aromatic rings. The third kappa shape index (κ3) is 3.30. The molecule has 5 nitrogen and oxygen atoms in total. The van der Waals surface area contributed by atoms with Crippen molar-refractivity contribution in [3.8, 4) is 0 Å². The second-order valence-corrected chi connectivity index (χ2v) is 4.82. The maximum atomic E-state index is 11.8. The van der Waals surface area contributed by atoms with E-state index < -0.39 is 0 Å². The zero-order valence-electron chi connectivity index (χ0n) is 11.3. The maximum Gasteiger partial charge on any atom is 0.323 e. The molecule has 0 aliphatic carbocycles. The molecule has 1 atom stereocenters. The Hall–Kier alpha value is -1.46. The van der Waals surface area contributed by atoms with Crippen molar-refractivity contribution in [3.63, 3.8) is 0 Å². The molecule has 5 heteroatoms. The van der Waals surface area contributed by atoms with Gasteiger partial charge in [-0.15, -0.1) is 0 Å². The molecule has 2 N–H and O–H groups in total. The van der Waals surface area contributed by atoms with Gasteiger partial charge in [-0.2, -0.15) is 0 Å². The zero-order chi connectivity index (χ0) is 13.7. The van der Waals surface area contributed by atoms with Gasteiger partial charge in [-0.3, -0.25) is 14.7 Å². The van der Waals surface area contributed by atoms with Crippen LogP contribution in [0.15, 0.2) is 18.3 Å². The first-order valence-corrected chi connectivity index (χ1v) is 6.71. The summed E-state index contributed by atoms with van der Waals surface area (Å²) in [6.07, 6.45) is 4.81. The van der Waals surface area contributed by atoms with E-state index in [0.29, 0.717) is 13.1 Å². The molecular formula is C14H21N3O2. The predicted molar refractivity (Wildman–Crippen MR) is 72.2 cm³/mol. The van der Waals surface area contributed by atoms with Crippen LogP contribution in [0.5, 0.6) is 0 Å². The summed E-state index contributed by atoms with van der Waals surface area (Å²) >= 11 is 0. The van der Waals surface area contributed by atoms with Crippen LogP contribution in [0.25, 0.3) is 0 Å². The van der Waals surface area contributed by atoms with E-state index in [1.807, 2.05) is 12.1 Å². The molecule has 1 fully saturated rings. The van der Waals surface area contributed by atoms with Gasteiger partial charge in [-0.05, 0) is 31.0 Å². The van der Waals surface area contributed by atoms with Gasteiger partial charge in [0.05, 0.1) is 12.8 Å². The number of likely N-dealkylation sites (tertiary alicyclic amines) is 1. The minimum atomic E-state index is -0.141. The van der Waals surface area contributed by atoms with Gasteiger partial charge in [-0.1, -0.05) is 12.5 Å². The molecule has 1 unspecified atom stereocenters. The number of carbonyl (C=O) groups is 1. The summed E-state index contributed by atoms with van der Waals surface area (Å²) in [6, 6.07) is 3.80. The highest BCUT2D eigenvalue weighted by atomic mass is 16.5. The van der Waals surface area contributed by atoms with Crippen molar-refractivity contribution in [1.29, 1.82) is 0 Å². The molecule has 1 aromatic heterocycles. The summed E-state index contributed by atoms with van der Waals surface area (Å²) in [5, 5.41) is 0. The van der Waals surface area contributed by atoms with Crippen LogP contribution in [0.4, 0.5) is 0 Å². The van der Waals surface area contributed by atoms with Crippen molar-refractivity contribution < 1.29 is 9.53 Å². The van der Waals surface area contributed by atoms with Crippen molar-refractivity contribution in [2.24, 2.45) is 5.73 Å². The molecule has 0 spiro atoms. The highest BCUT2D eigenvalue weighted by Crippen LogP contribution is 2.21. The number of nitrogens with two attached hydrogens (primary N) is 1. The lowest BCUT2D eigenvalue weighted by Gasteiger charge is -2.33. The number of rotatable bonds is 4. The Morgan fingerprint density at radius 2 is 2.42 bits per heavy atom. The first-order valence-electron chi connectivity index (χ1n) is 6.71. The smallest absolute Gasteiger partial charge is 0.323 e. The molecule has 2 heterocycles. The summed E-state index contributed by atoms with van der Waals surface area (Å²) in [4.78, 5) is 18.3. The quantitative estimate of drug-likeness (QED) is 0.823. The van der Waals surface area contributed by atoms with E-state index in [4.69, 9.17) is 10.5 Å². The lowest BCUT2D eigenvalue weighted by atomic mass is 10.0. The minimum Gasteiger partial charge on any atom is -0.468 e. The standard InChI is InChI=1S/C14H21N3O2/c1-19-14(18)13-6-2-3-8-17(13)10-11-5-4-7-16-12(11)9-15/h4-5,7,13H,2-3,6,8-10,15H2,1H3. The Balaban J connectivity index is 2.13. The Bertz CT molecular complexity index is 436. The number of aromatic nitrogens is 1. The maximum absolute atomic E-state index is 11.8. The number of pyridine rings is 1. The van der Waals surface area contributed by atoms with Crippen LogP contribution in [0.2, 0.25) is 0 Å². The molecule has 19 heavy (non-hydrogen) atoms. The average molecular weight is 263 g/mol. The van der Waals surface area contributed by atoms with Gasteiger partial charge in [0.2, 0.25) is 0 Å². The summed E-state index contributed by atoms with van der Waals surface area (Å²) in [5.74, 6) is -0.141. The van der Waals surface area contributed by atoms with Crippen LogP contribution in [0, 0.1) is 0 Å². The number of esters is 1. The number of carbonyl (C=O) groups excluding carboxylic acids is 1. The fraction of sp³-hybridized carbons (Fsp3) is 0.571. The third-order valence-electron chi connectivity index (χ3n) is 3.64. The highest BCUT2D eigenvalue weighted by Gasteiger charge is 2.29. The summed E-state index contributed by atoms with van der Waals surface area (Å²) < 4.78 is 4.89. The second-order valence-electron chi connectivity index (χ2n) is 4.82. The number of ether oxygens (including phenoxy) is 1. The molecule has 0 aromatic carbocycles. The molecule has 1 saturated heterocycles. The van der Waals surface area contributed by atoms with Crippen LogP contribution in [0.3, 0.4) is 0 Å². The number of hydrogen-bond donors (Lipinski definition) is 1. The van der Waals surface area contributed by atoms with E-state index >= 15 is 0 Å². The average Bonchev–Trinajstić information content (AvgIpc) is 2.47. The van der Waals surface area contributed by atoms with Crippen molar-refractivity contribution in [1.82, 2.24) is 9.88 Å². The molecular weight excluding hydrogens is 242 g/mol. The minimum absolute atomic E-state index is 0.135. The summed E-state index contributed by atoms with van der Waals surface area (Å²) in [5.41, 5.74) is 7.70. The number of hydrogen-bond acceptors (Lipinski definition) is 5. The summed E-state index contributed by atoms with van der Waals surface area (Å²) in [6.45, 7) is 2.05. The Labute approximate surface area is 113 Å². The van der Waals surface area contributed by atoms with Gasteiger partial charge in [0.1, 0.15) is 6.04 Å². The van der Waals surface area contributed by atoms with Crippen LogP contribution >= 0.6 is 0 Å². The van der Waals surface area contributed by atoms with Crippen LogP contribution in [-0.4, -0.2) is 35.5 Å². The van der Waals surface area contributed by atoms with Gasteiger partial charge in [0.15, 0.2) is 0 Å². The molecule has 104 valence electrons. The second kappa shape index (κ2) is 6.63. The summed E-state index contributed by atoms with van der Waals surface area (Å²) in [7, 11) is 1.45. The lowest BCUT2D eigenvalue weighted by Crippen LogP contribution is -2.44. The van der Waals surface area contributed by atoms with Crippen molar-refractivity contribution in [2.45, 2.75) is 38.4 Å². The van der Waals surface area contributed by atoms with E-state index in [-0.39, 0.29) is 12.0 Å². The largest absolute Gasteiger partial charge is 0.468 e. The number of methoxy groups -OCH3 is 1. The number of piperidine rings is 1. The van der Waals surface area contributed by atoms with E-state index in [0.717, 1.165) is 37.1 Å². The van der Waals surface area contributed by atoms with Crippen LogP contribution in [0.1, 0.15) is 30.5 Å². The van der Waals surface area contributed by atoms with E-state index in [1.165, 1.54) is 7.11 Å². The van der Waals surface area contributed by atoms with Crippen molar-refractivity contribution in [2.75, 3.05) is 13.7 Å². The van der Waals surface area contributed by atoms with Gasteiger partial charge < -0.3 is 10.5 Å². The predicted octanol–water partition coefficient (Wildman–Crippen LogP) is 1.07. The topological polar surface area (TPSA) is 68.5 Å². The molecule has 0 bridgehead atoms. The Morgan fingerprint density at radius 1 is 1.58 bits per heavy atom. The van der Waals surface area contributed by atoms with Crippen LogP contribution in [-0.2, 0) is 22.6 Å². The lowest BCUT2D eigenvalue weighted by molar-refractivity contribution is -0.148. The van der Waals surface area contributed by atoms with E-state index in [2.05, 4.69) is 9.88 Å². The zero-order valence-corrected chi connectivity index (χ0v) is 11.3. The van der Waals surface area contributed by atoms with E-state index in [1.54, 1.807) is 6.20 Å². The molecule has 0 saturated carbocycles. The van der Waals surface area contributed by atoms with Gasteiger partial charge in [0.25, 0.3) is 0 Å². The first-order chi connectivity index (χ1) is 9.26. The van der Waals surface area contributed by atoms with Gasteiger partial charge in [0, 0.05) is 19.3 Å². The Morgan fingerprint density at radius 3 is 3.16 bits per heavy atom. The SMILES string of the molecule is COC(=O)C1CCCCN1Cc1cccnc1CN. The normalized spacial score (nSPS) is 20.2. The fourth-order valence-corrected chi connectivity index (χ4v) is 2.60. The monoisotopic (exact) mass is 263 g/mol. The molecule has 1 aliphatic heterocycles.